The van der Waals surface area contributed by atoms with Crippen molar-refractivity contribution in [2.24, 2.45) is 11.8 Å². The van der Waals surface area contributed by atoms with Gasteiger partial charge in [0.2, 0.25) is 23.6 Å². The molecule has 2 bridgehead atoms. The van der Waals surface area contributed by atoms with E-state index >= 15 is 0 Å². The fraction of sp³-hybridized carbons (Fsp3) is 0.493. The molecule has 4 amide bonds. The van der Waals surface area contributed by atoms with Crippen molar-refractivity contribution in [1.29, 1.82) is 0 Å². The third kappa shape index (κ3) is 12.4. The number of thiazole rings is 1. The first-order valence-electron chi connectivity index (χ1n) is 31.6. The molecule has 1 aliphatic carbocycles. The summed E-state index contributed by atoms with van der Waals surface area (Å²) in [6.07, 6.45) is 9.00. The zero-order chi connectivity index (χ0) is 60.7. The molecule has 9 heterocycles. The van der Waals surface area contributed by atoms with Crippen LogP contribution in [0.25, 0.3) is 21.7 Å². The summed E-state index contributed by atoms with van der Waals surface area (Å²) in [4.78, 5) is 79.7. The number of aromatic hydroxyl groups is 1. The molecule has 5 saturated heterocycles. The number of hydrogen-bond donors (Lipinski definition) is 4. The van der Waals surface area contributed by atoms with E-state index < -0.39 is 30.1 Å². The number of likely N-dealkylation sites (tertiary alicyclic amines) is 3. The molecule has 6 atom stereocenters. The van der Waals surface area contributed by atoms with Crippen LogP contribution in [0.1, 0.15) is 111 Å². The highest BCUT2D eigenvalue weighted by atomic mass is 32.1. The second-order valence-electron chi connectivity index (χ2n) is 25.7. The maximum Gasteiger partial charge on any atom is 0.255 e. The summed E-state index contributed by atoms with van der Waals surface area (Å²) in [6, 6.07) is 26.6. The number of β-amino-alcohol motifs (C(OH)–C–C–N with tert-alkyl or cyclic N) is 1. The van der Waals surface area contributed by atoms with Gasteiger partial charge < -0.3 is 60.1 Å². The van der Waals surface area contributed by atoms with E-state index in [9.17, 15) is 29.4 Å². The van der Waals surface area contributed by atoms with E-state index in [1.54, 1.807) is 34.4 Å². The molecule has 0 spiro atoms. The number of rotatable bonds is 18. The van der Waals surface area contributed by atoms with Gasteiger partial charge in [0.05, 0.1) is 58.2 Å². The molecule has 462 valence electrons. The zero-order valence-corrected chi connectivity index (χ0v) is 51.2. The number of phenolic OH excluding ortho intramolecular Hbond substituents is 1. The number of para-hydroxylation sites is 1. The van der Waals surface area contributed by atoms with Crippen molar-refractivity contribution in [3.63, 3.8) is 0 Å². The van der Waals surface area contributed by atoms with Gasteiger partial charge in [0.1, 0.15) is 23.9 Å². The number of aliphatic hydroxyl groups excluding tert-OH is 1. The minimum absolute atomic E-state index is 0.0333. The first kappa shape index (κ1) is 59.3. The largest absolute Gasteiger partial charge is 0.507 e. The van der Waals surface area contributed by atoms with Crippen molar-refractivity contribution in [2.45, 2.75) is 146 Å². The fourth-order valence-electron chi connectivity index (χ4n) is 14.8. The van der Waals surface area contributed by atoms with Gasteiger partial charge in [0.25, 0.3) is 5.91 Å². The highest BCUT2D eigenvalue weighted by Gasteiger charge is 2.47. The number of ether oxygens (including phenoxy) is 2. The summed E-state index contributed by atoms with van der Waals surface area (Å²) in [5.41, 5.74) is 15.5. The second kappa shape index (κ2) is 25.4. The van der Waals surface area contributed by atoms with Gasteiger partial charge in [0, 0.05) is 119 Å². The number of amides is 4. The highest BCUT2D eigenvalue weighted by molar-refractivity contribution is 7.13. The number of anilines is 3. The Labute approximate surface area is 518 Å². The average molecular weight is 1210 g/mol. The molecule has 20 nitrogen and oxygen atoms in total. The van der Waals surface area contributed by atoms with Gasteiger partial charge in [0.15, 0.2) is 5.82 Å². The number of hydrogen-bond acceptors (Lipinski definition) is 17. The van der Waals surface area contributed by atoms with Crippen molar-refractivity contribution in [1.82, 2.24) is 45.1 Å². The summed E-state index contributed by atoms with van der Waals surface area (Å²) < 4.78 is 13.1. The normalized spacial score (nSPS) is 24.0. The minimum Gasteiger partial charge on any atom is -0.507 e. The van der Waals surface area contributed by atoms with Crippen LogP contribution in [0.5, 0.6) is 11.6 Å². The Balaban J connectivity index is 0.566. The van der Waals surface area contributed by atoms with Crippen molar-refractivity contribution in [3.05, 3.63) is 125 Å². The zero-order valence-electron chi connectivity index (χ0n) is 50.4. The van der Waals surface area contributed by atoms with Crippen molar-refractivity contribution in [3.8, 4) is 33.3 Å². The van der Waals surface area contributed by atoms with Crippen LogP contribution < -0.4 is 25.6 Å². The Bertz CT molecular complexity index is 3500. The molecule has 0 radical (unpaired) electrons. The monoisotopic (exact) mass is 1210 g/mol. The first-order chi connectivity index (χ1) is 42.7. The molecular weight excluding hydrogens is 1130 g/mol. The summed E-state index contributed by atoms with van der Waals surface area (Å²) in [7, 11) is 0. The van der Waals surface area contributed by atoms with Crippen LogP contribution in [0.4, 0.5) is 17.2 Å². The molecule has 88 heavy (non-hydrogen) atoms. The molecule has 3 aromatic heterocycles. The van der Waals surface area contributed by atoms with E-state index in [0.717, 1.165) is 123 Å². The maximum absolute atomic E-state index is 14.6. The topological polar surface area (TPSA) is 236 Å². The summed E-state index contributed by atoms with van der Waals surface area (Å²) in [6.45, 7) is 11.8. The van der Waals surface area contributed by atoms with E-state index in [1.807, 2.05) is 98.0 Å². The summed E-state index contributed by atoms with van der Waals surface area (Å²) in [5.74, 6) is 0.300. The predicted molar refractivity (Wildman–Crippen MR) is 335 cm³/mol. The number of carbonyl (C=O) groups excluding carboxylic acids is 4. The lowest BCUT2D eigenvalue weighted by Crippen LogP contribution is -2.55. The molecule has 2 unspecified atom stereocenters. The molecule has 1 saturated carbocycles. The smallest absolute Gasteiger partial charge is 0.255 e. The number of fused-ring (bicyclic) bond motifs is 3. The number of piperazine rings is 1. The number of piperidine rings is 2. The number of nitrogens with two attached hydrogens (primary N) is 1. The molecule has 13 rings (SSSR count). The Morgan fingerprint density at radius 1 is 0.807 bits per heavy atom. The molecule has 21 heteroatoms. The first-order valence-corrected chi connectivity index (χ1v) is 32.5. The predicted octanol–water partition coefficient (Wildman–Crippen LogP) is 7.64. The van der Waals surface area contributed by atoms with Crippen molar-refractivity contribution in [2.75, 3.05) is 67.9 Å². The Morgan fingerprint density at radius 3 is 2.24 bits per heavy atom. The molecule has 6 fully saturated rings. The lowest BCUT2D eigenvalue weighted by Gasteiger charge is -2.43. The summed E-state index contributed by atoms with van der Waals surface area (Å²) >= 11 is 1.56. The number of benzene rings is 3. The van der Waals surface area contributed by atoms with Crippen LogP contribution >= 0.6 is 11.3 Å². The van der Waals surface area contributed by atoms with E-state index in [-0.39, 0.29) is 79.2 Å². The maximum atomic E-state index is 14.6. The molecular formula is C67H80N12O8S. The van der Waals surface area contributed by atoms with Gasteiger partial charge >= 0.3 is 0 Å². The number of aromatic nitrogens is 4. The number of nitrogen functional groups attached to an aromatic ring is 1. The van der Waals surface area contributed by atoms with E-state index in [0.29, 0.717) is 54.1 Å². The van der Waals surface area contributed by atoms with E-state index in [2.05, 4.69) is 52.3 Å². The Kier molecular flexibility index (Phi) is 17.1. The van der Waals surface area contributed by atoms with Crippen LogP contribution in [-0.4, -0.2) is 175 Å². The van der Waals surface area contributed by atoms with Gasteiger partial charge in [-0.1, -0.05) is 68.4 Å². The molecule has 7 aliphatic rings. The lowest BCUT2D eigenvalue weighted by molar-refractivity contribution is -0.144. The second-order valence-corrected chi connectivity index (χ2v) is 26.5. The Morgan fingerprint density at radius 2 is 1.53 bits per heavy atom. The van der Waals surface area contributed by atoms with Gasteiger partial charge in [-0.2, -0.15) is 0 Å². The summed E-state index contributed by atoms with van der Waals surface area (Å²) in [5, 5.41) is 33.3. The van der Waals surface area contributed by atoms with E-state index in [1.165, 1.54) is 4.90 Å². The van der Waals surface area contributed by atoms with Gasteiger partial charge in [-0.25, -0.2) is 9.97 Å². The molecule has 6 aliphatic heterocycles. The van der Waals surface area contributed by atoms with Crippen LogP contribution in [0, 0.1) is 18.8 Å². The average Bonchev–Trinajstić information content (AvgIpc) is 1.95. The van der Waals surface area contributed by atoms with Gasteiger partial charge in [-0.15, -0.1) is 21.5 Å². The van der Waals surface area contributed by atoms with Gasteiger partial charge in [-0.05, 0) is 104 Å². The number of phenols is 1. The lowest BCUT2D eigenvalue weighted by atomic mass is 9.91. The molecule has 3 aromatic carbocycles. The highest BCUT2D eigenvalue weighted by Crippen LogP contribution is 2.41. The van der Waals surface area contributed by atoms with Crippen LogP contribution in [0.3, 0.4) is 0 Å². The van der Waals surface area contributed by atoms with Crippen molar-refractivity contribution >= 4 is 52.2 Å². The van der Waals surface area contributed by atoms with Crippen LogP contribution in [0.15, 0.2) is 103 Å². The van der Waals surface area contributed by atoms with Crippen LogP contribution in [0.2, 0.25) is 0 Å². The molecule has 6 aromatic rings. The van der Waals surface area contributed by atoms with E-state index in [4.69, 9.17) is 15.2 Å². The number of aliphatic hydroxyl groups is 1. The molecule has 5 N–H and O–H groups in total. The Hall–Kier alpha value is -7.72. The number of nitrogens with zero attached hydrogens (tertiary/aromatic N) is 10. The number of pyridine rings is 1. The third-order valence-corrected chi connectivity index (χ3v) is 20.5. The standard InChI is InChI=1S/C67H80N12O8S/c1-40(2)62(78-35-45-8-4-5-9-53(45)66(78)84)67(85)77-38-49(80)29-58(77)65(83)71-55(43-12-14-44(15-13-43)63-41(3)70-39-88-63)33-61(82)75-26-19-42(20-27-75)34-74-24-21-50(22-25-74)86-51-30-52(31-51)87-60-28-46(18-23-69-60)79-47-16-17-48(79)37-76(36-47)57-32-56(72-73-64(57)68)54-10-6-7-11-59(54)81/h4-15,18,23,28,32,39-40,42,47-52,55,58,62,80-81H,16-17,19-22,24-27,29-31,33-38H2,1-3H3,(H2,68,73)(H,71,83)/t47?,48?,49-,51?,52?,55+,58+,62-/m1/s1. The number of carbonyl (C=O) groups is 4. The SMILES string of the molecule is Cc1ncsc1-c1ccc([C@H](CC(=O)N2CCC(CN3CCC(OC4CC(Oc5cc(N6C7CCC6CN(c6cc(-c8ccccc8O)nnc6N)C7)ccn5)C4)CC3)CC2)NC(=O)[C@@H]2C[C@@H](O)CN2C(=O)[C@@H](C(C)C)N2Cc3ccccc3C2=O)cc1. The quantitative estimate of drug-likeness (QED) is 0.0647. The van der Waals surface area contributed by atoms with Gasteiger partial charge in [-0.3, -0.25) is 19.2 Å². The fourth-order valence-corrected chi connectivity index (χ4v) is 15.6. The number of aryl methyl sites for hydroxylation is 1. The number of nitrogens with one attached hydrogen (secondary N) is 1. The minimum atomic E-state index is -0.990. The van der Waals surface area contributed by atoms with Crippen LogP contribution in [-0.2, 0) is 25.7 Å². The van der Waals surface area contributed by atoms with Crippen molar-refractivity contribution < 1.29 is 38.9 Å². The third-order valence-electron chi connectivity index (χ3n) is 19.5.